The minimum atomic E-state index is -0.438. The summed E-state index contributed by atoms with van der Waals surface area (Å²) in [4.78, 5) is 28.4. The molecule has 6 heteroatoms. The van der Waals surface area contributed by atoms with Crippen molar-refractivity contribution in [3.8, 4) is 0 Å². The van der Waals surface area contributed by atoms with Crippen LogP contribution in [0.2, 0.25) is 0 Å². The van der Waals surface area contributed by atoms with Gasteiger partial charge in [0, 0.05) is 27.8 Å². The average molecular weight is 376 g/mol. The molecule has 0 saturated carbocycles. The largest absolute Gasteiger partial charge is 0.469 e. The zero-order valence-corrected chi connectivity index (χ0v) is 15.9. The Morgan fingerprint density at radius 3 is 2.68 bits per heavy atom. The van der Waals surface area contributed by atoms with E-state index in [2.05, 4.69) is 15.8 Å². The van der Waals surface area contributed by atoms with Crippen LogP contribution in [0.5, 0.6) is 0 Å². The van der Waals surface area contributed by atoms with Crippen LogP contribution in [0.15, 0.2) is 53.2 Å². The molecule has 0 radical (unpaired) electrons. The van der Waals surface area contributed by atoms with Crippen LogP contribution < -0.4 is 0 Å². The molecule has 0 saturated heterocycles. The quantitative estimate of drug-likeness (QED) is 0.388. The van der Waals surface area contributed by atoms with Gasteiger partial charge in [0.15, 0.2) is 0 Å². The minimum absolute atomic E-state index is 0.0572. The minimum Gasteiger partial charge on any atom is -0.469 e. The van der Waals surface area contributed by atoms with Crippen molar-refractivity contribution in [2.45, 2.75) is 26.3 Å². The number of aromatic nitrogens is 1. The number of methoxy groups -OCH3 is 1. The maximum absolute atomic E-state index is 11.8. The molecular weight excluding hydrogens is 356 g/mol. The second-order valence-corrected chi connectivity index (χ2v) is 6.91. The second-order valence-electron chi connectivity index (χ2n) is 6.91. The van der Waals surface area contributed by atoms with Crippen LogP contribution in [-0.4, -0.2) is 29.3 Å². The van der Waals surface area contributed by atoms with E-state index in [1.807, 2.05) is 43.3 Å². The van der Waals surface area contributed by atoms with Gasteiger partial charge in [-0.05, 0) is 43.7 Å². The summed E-state index contributed by atoms with van der Waals surface area (Å²) in [6, 6.07) is 14.0. The zero-order chi connectivity index (χ0) is 19.8. The normalized spacial score (nSPS) is 16.5. The summed E-state index contributed by atoms with van der Waals surface area (Å²) in [5.74, 6) is -0.680. The van der Waals surface area contributed by atoms with Crippen LogP contribution in [0.3, 0.4) is 0 Å². The smallest absolute Gasteiger partial charge is 0.367 e. The number of rotatable bonds is 4. The van der Waals surface area contributed by atoms with Crippen LogP contribution in [-0.2, 0) is 19.2 Å². The molecule has 3 aromatic rings. The number of carbonyl (C=O) groups excluding carboxylic acids is 2. The molecule has 1 atom stereocenters. The number of benzene rings is 2. The Balaban J connectivity index is 1.88. The van der Waals surface area contributed by atoms with Crippen molar-refractivity contribution in [3.05, 3.63) is 53.6 Å². The summed E-state index contributed by atoms with van der Waals surface area (Å²) >= 11 is 0. The third-order valence-corrected chi connectivity index (χ3v) is 5.05. The van der Waals surface area contributed by atoms with Gasteiger partial charge in [0.1, 0.15) is 0 Å². The highest BCUT2D eigenvalue weighted by Crippen LogP contribution is 2.34. The van der Waals surface area contributed by atoms with Crippen molar-refractivity contribution in [2.24, 2.45) is 5.16 Å². The van der Waals surface area contributed by atoms with E-state index in [0.717, 1.165) is 27.4 Å². The SMILES string of the molecule is COC(=O)CC(C)n1c2ccccc2c2cc(C=C3C(=O)ON=C3C)ccc21. The Labute approximate surface area is 162 Å². The number of esters is 1. The van der Waals surface area contributed by atoms with Gasteiger partial charge in [-0.1, -0.05) is 29.4 Å². The molecule has 1 unspecified atom stereocenters. The first-order valence-electron chi connectivity index (χ1n) is 9.07. The van der Waals surface area contributed by atoms with E-state index in [0.29, 0.717) is 11.3 Å². The monoisotopic (exact) mass is 376 g/mol. The van der Waals surface area contributed by atoms with Gasteiger partial charge in [0.25, 0.3) is 0 Å². The first-order valence-corrected chi connectivity index (χ1v) is 9.07. The second kappa shape index (κ2) is 6.96. The summed E-state index contributed by atoms with van der Waals surface area (Å²) in [5, 5.41) is 5.87. The number of hydrogen-bond donors (Lipinski definition) is 0. The molecule has 142 valence electrons. The van der Waals surface area contributed by atoms with Gasteiger partial charge in [-0.2, -0.15) is 0 Å². The molecule has 1 aromatic heterocycles. The number of hydrogen-bond acceptors (Lipinski definition) is 5. The molecule has 4 rings (SSSR count). The summed E-state index contributed by atoms with van der Waals surface area (Å²) < 4.78 is 7.00. The van der Waals surface area contributed by atoms with Crippen LogP contribution in [0.1, 0.15) is 31.9 Å². The number of ether oxygens (including phenoxy) is 1. The van der Waals surface area contributed by atoms with E-state index in [1.165, 1.54) is 7.11 Å². The Morgan fingerprint density at radius 1 is 1.21 bits per heavy atom. The Morgan fingerprint density at radius 2 is 1.96 bits per heavy atom. The van der Waals surface area contributed by atoms with E-state index >= 15 is 0 Å². The molecule has 0 bridgehead atoms. The van der Waals surface area contributed by atoms with Crippen molar-refractivity contribution in [1.82, 2.24) is 4.57 Å². The molecule has 0 N–H and O–H groups in total. The summed E-state index contributed by atoms with van der Waals surface area (Å²) in [5.41, 5.74) is 4.00. The van der Waals surface area contributed by atoms with Gasteiger partial charge in [-0.25, -0.2) is 4.79 Å². The highest BCUT2D eigenvalue weighted by atomic mass is 16.7. The van der Waals surface area contributed by atoms with E-state index in [-0.39, 0.29) is 18.4 Å². The maximum atomic E-state index is 11.8. The number of para-hydroxylation sites is 1. The lowest BCUT2D eigenvalue weighted by atomic mass is 10.1. The summed E-state index contributed by atoms with van der Waals surface area (Å²) in [6.07, 6.45) is 2.08. The van der Waals surface area contributed by atoms with Crippen LogP contribution in [0.25, 0.3) is 27.9 Å². The van der Waals surface area contributed by atoms with Gasteiger partial charge in [0.2, 0.25) is 0 Å². The average Bonchev–Trinajstić information content (AvgIpc) is 3.19. The Hall–Kier alpha value is -3.41. The fourth-order valence-corrected chi connectivity index (χ4v) is 3.69. The topological polar surface area (TPSA) is 69.9 Å². The lowest BCUT2D eigenvalue weighted by molar-refractivity contribution is -0.141. The summed E-state index contributed by atoms with van der Waals surface area (Å²) in [6.45, 7) is 3.75. The maximum Gasteiger partial charge on any atom is 0.367 e. The molecular formula is C22H20N2O4. The van der Waals surface area contributed by atoms with E-state index in [9.17, 15) is 9.59 Å². The standard InChI is InChI=1S/C22H20N2O4/c1-13(10-21(25)27-3)24-19-7-5-4-6-16(19)18-12-15(8-9-20(18)24)11-17-14(2)23-28-22(17)26/h4-9,11-13H,10H2,1-3H3. The lowest BCUT2D eigenvalue weighted by Gasteiger charge is -2.15. The lowest BCUT2D eigenvalue weighted by Crippen LogP contribution is -2.11. The molecule has 1 aliphatic rings. The Bertz CT molecular complexity index is 1170. The number of oxime groups is 1. The first kappa shape index (κ1) is 18.0. The van der Waals surface area contributed by atoms with Crippen molar-refractivity contribution in [3.63, 3.8) is 0 Å². The fourth-order valence-electron chi connectivity index (χ4n) is 3.69. The molecule has 6 nitrogen and oxygen atoms in total. The van der Waals surface area contributed by atoms with Crippen molar-refractivity contribution >= 4 is 45.5 Å². The van der Waals surface area contributed by atoms with Crippen LogP contribution in [0, 0.1) is 0 Å². The predicted molar refractivity (Wildman–Crippen MR) is 108 cm³/mol. The highest BCUT2D eigenvalue weighted by Gasteiger charge is 2.22. The summed E-state index contributed by atoms with van der Waals surface area (Å²) in [7, 11) is 1.40. The molecule has 0 amide bonds. The molecule has 28 heavy (non-hydrogen) atoms. The molecule has 0 fully saturated rings. The van der Waals surface area contributed by atoms with Gasteiger partial charge in [-0.15, -0.1) is 0 Å². The van der Waals surface area contributed by atoms with E-state index < -0.39 is 5.97 Å². The van der Waals surface area contributed by atoms with Crippen molar-refractivity contribution in [1.29, 1.82) is 0 Å². The molecule has 2 aromatic carbocycles. The van der Waals surface area contributed by atoms with Crippen LogP contribution in [0.4, 0.5) is 0 Å². The third-order valence-electron chi connectivity index (χ3n) is 5.05. The number of nitrogens with zero attached hydrogens (tertiary/aromatic N) is 2. The Kier molecular flexibility index (Phi) is 4.47. The molecule has 2 heterocycles. The fraction of sp³-hybridized carbons (Fsp3) is 0.227. The third kappa shape index (κ3) is 2.97. The van der Waals surface area contributed by atoms with E-state index in [1.54, 1.807) is 13.0 Å². The number of fused-ring (bicyclic) bond motifs is 3. The molecule has 0 aliphatic carbocycles. The number of carbonyl (C=O) groups is 2. The van der Waals surface area contributed by atoms with Gasteiger partial charge < -0.3 is 14.1 Å². The van der Waals surface area contributed by atoms with Gasteiger partial charge in [-0.3, -0.25) is 4.79 Å². The van der Waals surface area contributed by atoms with Crippen LogP contribution >= 0.6 is 0 Å². The van der Waals surface area contributed by atoms with Crippen molar-refractivity contribution < 1.29 is 19.2 Å². The predicted octanol–water partition coefficient (Wildman–Crippen LogP) is 4.23. The van der Waals surface area contributed by atoms with E-state index in [4.69, 9.17) is 9.57 Å². The zero-order valence-electron chi connectivity index (χ0n) is 15.9. The van der Waals surface area contributed by atoms with Crippen molar-refractivity contribution in [2.75, 3.05) is 7.11 Å². The van der Waals surface area contributed by atoms with Gasteiger partial charge >= 0.3 is 11.9 Å². The first-order chi connectivity index (χ1) is 13.5. The van der Waals surface area contributed by atoms with Gasteiger partial charge in [0.05, 0.1) is 24.8 Å². The highest BCUT2D eigenvalue weighted by molar-refractivity contribution is 6.24. The molecule has 1 aliphatic heterocycles. The molecule has 0 spiro atoms.